The summed E-state index contributed by atoms with van der Waals surface area (Å²) >= 11 is 5.79. The van der Waals surface area contributed by atoms with Gasteiger partial charge < -0.3 is 10.4 Å². The Labute approximate surface area is 132 Å². The topological polar surface area (TPSA) is 109 Å². The van der Waals surface area contributed by atoms with Gasteiger partial charge in [-0.3, -0.25) is 4.79 Å². The highest BCUT2D eigenvalue weighted by atomic mass is 35.5. The predicted molar refractivity (Wildman–Crippen MR) is 84.3 cm³/mol. The number of aromatic hydroxyl groups is 1. The predicted octanol–water partition coefficient (Wildman–Crippen LogP) is 2.09. The van der Waals surface area contributed by atoms with Gasteiger partial charge in [0.15, 0.2) is 0 Å². The molecule has 0 saturated carbocycles. The van der Waals surface area contributed by atoms with Crippen molar-refractivity contribution in [1.82, 2.24) is 0 Å². The van der Waals surface area contributed by atoms with Crippen molar-refractivity contribution < 1.29 is 18.3 Å². The fourth-order valence-electron chi connectivity index (χ4n) is 1.86. The molecule has 6 nitrogen and oxygen atoms in total. The van der Waals surface area contributed by atoms with Crippen LogP contribution in [0.25, 0.3) is 0 Å². The van der Waals surface area contributed by atoms with Crippen LogP contribution < -0.4 is 10.5 Å². The van der Waals surface area contributed by atoms with Crippen LogP contribution in [-0.2, 0) is 15.8 Å². The number of phenolic OH excluding ortho intramolecular Hbond substituents is 1. The molecule has 0 aliphatic carbocycles. The molecule has 8 heteroatoms. The fraction of sp³-hybridized carbons (Fsp3) is 0.0714. The van der Waals surface area contributed by atoms with Crippen molar-refractivity contribution in [3.05, 3.63) is 58.6 Å². The number of halogens is 1. The summed E-state index contributed by atoms with van der Waals surface area (Å²) in [6.45, 7) is 0. The lowest BCUT2D eigenvalue weighted by Gasteiger charge is -2.08. The van der Waals surface area contributed by atoms with Gasteiger partial charge >= 0.3 is 0 Å². The fourth-order valence-corrected chi connectivity index (χ4v) is 2.68. The molecule has 2 aromatic rings. The van der Waals surface area contributed by atoms with Crippen LogP contribution in [0.3, 0.4) is 0 Å². The van der Waals surface area contributed by atoms with Crippen LogP contribution in [0, 0.1) is 0 Å². The molecule has 2 aromatic carbocycles. The van der Waals surface area contributed by atoms with Gasteiger partial charge in [-0.2, -0.15) is 0 Å². The molecule has 2 rings (SSSR count). The van der Waals surface area contributed by atoms with E-state index >= 15 is 0 Å². The monoisotopic (exact) mass is 340 g/mol. The number of benzene rings is 2. The Balaban J connectivity index is 2.22. The van der Waals surface area contributed by atoms with Gasteiger partial charge in [-0.05, 0) is 35.9 Å². The van der Waals surface area contributed by atoms with E-state index < -0.39 is 15.9 Å². The first-order chi connectivity index (χ1) is 10.2. The summed E-state index contributed by atoms with van der Waals surface area (Å²) in [7, 11) is -3.66. The summed E-state index contributed by atoms with van der Waals surface area (Å²) in [5.74, 6) is -1.10. The lowest BCUT2D eigenvalue weighted by Crippen LogP contribution is -2.15. The van der Waals surface area contributed by atoms with Gasteiger partial charge in [0.25, 0.3) is 5.91 Å². The Morgan fingerprint density at radius 2 is 1.95 bits per heavy atom. The van der Waals surface area contributed by atoms with E-state index in [-0.39, 0.29) is 17.1 Å². The molecular weight excluding hydrogens is 328 g/mol. The summed E-state index contributed by atoms with van der Waals surface area (Å²) < 4.78 is 22.2. The highest BCUT2D eigenvalue weighted by molar-refractivity contribution is 7.88. The molecule has 0 atom stereocenters. The van der Waals surface area contributed by atoms with Crippen LogP contribution in [0.4, 0.5) is 5.69 Å². The SMILES string of the molecule is NS(=O)(=O)Cc1cccc(NC(=O)c2cc(Cl)ccc2O)c1. The smallest absolute Gasteiger partial charge is 0.259 e. The average Bonchev–Trinajstić information content (AvgIpc) is 2.40. The third-order valence-corrected chi connectivity index (χ3v) is 3.73. The van der Waals surface area contributed by atoms with Gasteiger partial charge in [0.1, 0.15) is 5.75 Å². The Kier molecular flexibility index (Phi) is 4.70. The second-order valence-electron chi connectivity index (χ2n) is 4.62. The quantitative estimate of drug-likeness (QED) is 0.791. The van der Waals surface area contributed by atoms with E-state index in [4.69, 9.17) is 16.7 Å². The van der Waals surface area contributed by atoms with E-state index in [0.29, 0.717) is 16.3 Å². The number of amides is 1. The van der Waals surface area contributed by atoms with Crippen molar-refractivity contribution in [1.29, 1.82) is 0 Å². The molecule has 0 aliphatic heterocycles. The first-order valence-electron chi connectivity index (χ1n) is 6.14. The maximum atomic E-state index is 12.1. The zero-order valence-electron chi connectivity index (χ0n) is 11.3. The van der Waals surface area contributed by atoms with E-state index in [2.05, 4.69) is 5.32 Å². The first kappa shape index (κ1) is 16.3. The Morgan fingerprint density at radius 1 is 1.23 bits per heavy atom. The van der Waals surface area contributed by atoms with E-state index in [1.165, 1.54) is 24.3 Å². The van der Waals surface area contributed by atoms with Gasteiger partial charge in [-0.15, -0.1) is 0 Å². The van der Waals surface area contributed by atoms with Crippen LogP contribution in [0.5, 0.6) is 5.75 Å². The highest BCUT2D eigenvalue weighted by Crippen LogP contribution is 2.23. The zero-order chi connectivity index (χ0) is 16.3. The maximum absolute atomic E-state index is 12.1. The number of carbonyl (C=O) groups is 1. The average molecular weight is 341 g/mol. The molecule has 1 amide bonds. The third kappa shape index (κ3) is 4.45. The van der Waals surface area contributed by atoms with Crippen LogP contribution in [0.15, 0.2) is 42.5 Å². The summed E-state index contributed by atoms with van der Waals surface area (Å²) in [6.07, 6.45) is 0. The van der Waals surface area contributed by atoms with Crippen LogP contribution in [0.1, 0.15) is 15.9 Å². The molecular formula is C14H13ClN2O4S. The highest BCUT2D eigenvalue weighted by Gasteiger charge is 2.13. The van der Waals surface area contributed by atoms with Gasteiger partial charge in [0.05, 0.1) is 11.3 Å². The third-order valence-electron chi connectivity index (χ3n) is 2.76. The number of primary sulfonamides is 1. The standard InChI is InChI=1S/C14H13ClN2O4S/c15-10-4-5-13(18)12(7-10)14(19)17-11-3-1-2-9(6-11)8-22(16,20)21/h1-7,18H,8H2,(H,17,19)(H2,16,20,21). The van der Waals surface area contributed by atoms with Crippen LogP contribution >= 0.6 is 11.6 Å². The number of phenols is 1. The molecule has 0 saturated heterocycles. The largest absolute Gasteiger partial charge is 0.507 e. The van der Waals surface area contributed by atoms with Gasteiger partial charge in [-0.1, -0.05) is 23.7 Å². The molecule has 0 bridgehead atoms. The normalized spacial score (nSPS) is 11.2. The number of nitrogens with one attached hydrogen (secondary N) is 1. The number of nitrogens with two attached hydrogens (primary N) is 1. The second-order valence-corrected chi connectivity index (χ2v) is 6.67. The Bertz CT molecular complexity index is 821. The zero-order valence-corrected chi connectivity index (χ0v) is 12.9. The Hall–Kier alpha value is -2.09. The summed E-state index contributed by atoms with van der Waals surface area (Å²) in [5, 5.41) is 17.5. The first-order valence-corrected chi connectivity index (χ1v) is 8.23. The van der Waals surface area contributed by atoms with Crippen molar-refractivity contribution in [3.8, 4) is 5.75 Å². The molecule has 0 spiro atoms. The molecule has 4 N–H and O–H groups in total. The van der Waals surface area contributed by atoms with Crippen LogP contribution in [0.2, 0.25) is 5.02 Å². The molecule has 0 unspecified atom stereocenters. The van der Waals surface area contributed by atoms with Crippen molar-refractivity contribution in [2.24, 2.45) is 5.14 Å². The molecule has 0 heterocycles. The number of carbonyl (C=O) groups excluding carboxylic acids is 1. The molecule has 0 fully saturated rings. The molecule has 116 valence electrons. The van der Waals surface area contributed by atoms with Crippen molar-refractivity contribution in [2.75, 3.05) is 5.32 Å². The van der Waals surface area contributed by atoms with Crippen LogP contribution in [-0.4, -0.2) is 19.4 Å². The second kappa shape index (κ2) is 6.35. The number of hydrogen-bond donors (Lipinski definition) is 3. The summed E-state index contributed by atoms with van der Waals surface area (Å²) in [5.41, 5.74) is 0.838. The van der Waals surface area contributed by atoms with Gasteiger partial charge in [0, 0.05) is 10.7 Å². The van der Waals surface area contributed by atoms with Gasteiger partial charge in [-0.25, -0.2) is 13.6 Å². The van der Waals surface area contributed by atoms with E-state index in [9.17, 15) is 18.3 Å². The summed E-state index contributed by atoms with van der Waals surface area (Å²) in [4.78, 5) is 12.1. The molecule has 0 radical (unpaired) electrons. The maximum Gasteiger partial charge on any atom is 0.259 e. The number of anilines is 1. The number of rotatable bonds is 4. The molecule has 0 aliphatic rings. The number of sulfonamides is 1. The van der Waals surface area contributed by atoms with Crippen molar-refractivity contribution in [2.45, 2.75) is 5.75 Å². The summed E-state index contributed by atoms with van der Waals surface area (Å²) in [6, 6.07) is 10.4. The molecule has 22 heavy (non-hydrogen) atoms. The van der Waals surface area contributed by atoms with E-state index in [1.54, 1.807) is 18.2 Å². The van der Waals surface area contributed by atoms with E-state index in [1.807, 2.05) is 0 Å². The minimum absolute atomic E-state index is 0.0179. The minimum atomic E-state index is -3.66. The minimum Gasteiger partial charge on any atom is -0.507 e. The lowest BCUT2D eigenvalue weighted by molar-refractivity contribution is 0.102. The Morgan fingerprint density at radius 3 is 2.64 bits per heavy atom. The van der Waals surface area contributed by atoms with Crippen molar-refractivity contribution >= 4 is 33.2 Å². The lowest BCUT2D eigenvalue weighted by atomic mass is 10.1. The van der Waals surface area contributed by atoms with E-state index in [0.717, 1.165) is 0 Å². The number of hydrogen-bond acceptors (Lipinski definition) is 4. The van der Waals surface area contributed by atoms with Gasteiger partial charge in [0.2, 0.25) is 10.0 Å². The molecule has 0 aromatic heterocycles. The van der Waals surface area contributed by atoms with Crippen molar-refractivity contribution in [3.63, 3.8) is 0 Å².